The smallest absolute Gasteiger partial charge is 0.355 e. The van der Waals surface area contributed by atoms with Crippen molar-refractivity contribution in [3.8, 4) is 0 Å². The molecule has 1 amide bonds. The van der Waals surface area contributed by atoms with E-state index in [0.29, 0.717) is 33.1 Å². The lowest BCUT2D eigenvalue weighted by Gasteiger charge is -2.27. The van der Waals surface area contributed by atoms with Crippen LogP contribution in [0.15, 0.2) is 36.9 Å². The van der Waals surface area contributed by atoms with Crippen LogP contribution < -0.4 is 0 Å². The van der Waals surface area contributed by atoms with Crippen molar-refractivity contribution in [3.05, 3.63) is 70.0 Å². The second-order valence-corrected chi connectivity index (χ2v) is 7.44. The van der Waals surface area contributed by atoms with Crippen molar-refractivity contribution in [2.24, 2.45) is 7.05 Å². The van der Waals surface area contributed by atoms with Crippen molar-refractivity contribution in [2.45, 2.75) is 33.7 Å². The van der Waals surface area contributed by atoms with E-state index in [1.807, 2.05) is 0 Å². The summed E-state index contributed by atoms with van der Waals surface area (Å²) in [4.78, 5) is 40.3. The monoisotopic (exact) mass is 430 g/mol. The Hall–Kier alpha value is -2.86. The van der Waals surface area contributed by atoms with Crippen molar-refractivity contribution in [1.29, 1.82) is 0 Å². The second-order valence-electron chi connectivity index (χ2n) is 7.01. The van der Waals surface area contributed by atoms with Crippen LogP contribution in [0.3, 0.4) is 0 Å². The molecule has 1 heterocycles. The maximum atomic E-state index is 13.4. The summed E-state index contributed by atoms with van der Waals surface area (Å²) in [6, 6.07) is 5.74. The Kier molecular flexibility index (Phi) is 7.62. The second kappa shape index (κ2) is 9.76. The number of hydrogen-bond donors (Lipinski definition) is 0. The number of nitrogens with zero attached hydrogens (tertiary/aromatic N) is 2. The van der Waals surface area contributed by atoms with E-state index in [9.17, 15) is 14.4 Å². The molecule has 1 aromatic heterocycles. The van der Waals surface area contributed by atoms with E-state index in [1.54, 1.807) is 69.7 Å². The third-order valence-electron chi connectivity index (χ3n) is 5.17. The highest BCUT2D eigenvalue weighted by Gasteiger charge is 2.32. The van der Waals surface area contributed by atoms with Gasteiger partial charge in [-0.1, -0.05) is 17.7 Å². The summed E-state index contributed by atoms with van der Waals surface area (Å²) in [6.45, 7) is 11.0. The van der Waals surface area contributed by atoms with E-state index in [2.05, 4.69) is 6.58 Å². The van der Waals surface area contributed by atoms with Gasteiger partial charge in [0.15, 0.2) is 5.78 Å². The highest BCUT2D eigenvalue weighted by Crippen LogP contribution is 2.25. The highest BCUT2D eigenvalue weighted by atomic mass is 35.5. The fraction of sp³-hybridized carbons (Fsp3) is 0.348. The molecule has 1 aromatic carbocycles. The van der Waals surface area contributed by atoms with Crippen LogP contribution in [0.1, 0.15) is 56.3 Å². The van der Waals surface area contributed by atoms with E-state index >= 15 is 0 Å². The lowest BCUT2D eigenvalue weighted by atomic mass is 9.99. The molecule has 0 saturated heterocycles. The summed E-state index contributed by atoms with van der Waals surface area (Å²) in [6.07, 6.45) is 1.58. The minimum atomic E-state index is -0.763. The number of esters is 1. The Labute approximate surface area is 182 Å². The van der Waals surface area contributed by atoms with Crippen LogP contribution in [-0.2, 0) is 11.8 Å². The maximum absolute atomic E-state index is 13.4. The quantitative estimate of drug-likeness (QED) is 0.354. The molecular weight excluding hydrogens is 404 g/mol. The molecule has 7 heteroatoms. The van der Waals surface area contributed by atoms with Crippen molar-refractivity contribution >= 4 is 29.3 Å². The summed E-state index contributed by atoms with van der Waals surface area (Å²) in [5.41, 5.74) is 2.37. The van der Waals surface area contributed by atoms with Gasteiger partial charge in [-0.2, -0.15) is 0 Å². The number of aromatic nitrogens is 1. The van der Waals surface area contributed by atoms with Gasteiger partial charge in [-0.15, -0.1) is 6.58 Å². The zero-order valence-corrected chi connectivity index (χ0v) is 18.7. The summed E-state index contributed by atoms with van der Waals surface area (Å²) in [5.74, 6) is -1.03. The first-order valence-electron chi connectivity index (χ1n) is 9.70. The van der Waals surface area contributed by atoms with Crippen LogP contribution in [0, 0.1) is 13.8 Å². The molecule has 160 valence electrons. The Morgan fingerprint density at radius 3 is 2.37 bits per heavy atom. The zero-order valence-electron chi connectivity index (χ0n) is 18.0. The van der Waals surface area contributed by atoms with Gasteiger partial charge in [0.25, 0.3) is 5.91 Å². The van der Waals surface area contributed by atoms with E-state index in [-0.39, 0.29) is 24.8 Å². The van der Waals surface area contributed by atoms with Crippen molar-refractivity contribution in [3.63, 3.8) is 0 Å². The Morgan fingerprint density at radius 2 is 1.83 bits per heavy atom. The summed E-state index contributed by atoms with van der Waals surface area (Å²) >= 11 is 5.91. The minimum absolute atomic E-state index is 0.198. The molecule has 2 rings (SSSR count). The summed E-state index contributed by atoms with van der Waals surface area (Å²) < 4.78 is 6.79. The SMILES string of the molecule is C=CCN(C(=O)c1ccc(Cl)cc1)C(C)C(=O)c1c(C)c(C(=O)OCC)n(C)c1C. The largest absolute Gasteiger partial charge is 0.461 e. The number of ether oxygens (including phenoxy) is 1. The molecule has 0 aliphatic heterocycles. The Bertz CT molecular complexity index is 976. The molecule has 2 aromatic rings. The van der Waals surface area contributed by atoms with Crippen molar-refractivity contribution in [1.82, 2.24) is 9.47 Å². The Morgan fingerprint density at radius 1 is 1.23 bits per heavy atom. The molecule has 1 atom stereocenters. The van der Waals surface area contributed by atoms with Crippen molar-refractivity contribution in [2.75, 3.05) is 13.2 Å². The normalized spacial score (nSPS) is 11.7. The van der Waals surface area contributed by atoms with Gasteiger partial charge in [0.2, 0.25) is 0 Å². The first-order valence-corrected chi connectivity index (χ1v) is 10.1. The van der Waals surface area contributed by atoms with Gasteiger partial charge in [-0.25, -0.2) is 4.79 Å². The molecule has 0 N–H and O–H groups in total. The maximum Gasteiger partial charge on any atom is 0.355 e. The number of amides is 1. The number of ketones is 1. The van der Waals surface area contributed by atoms with E-state index < -0.39 is 12.0 Å². The van der Waals surface area contributed by atoms with Gasteiger partial charge < -0.3 is 14.2 Å². The van der Waals surface area contributed by atoms with Crippen LogP contribution >= 0.6 is 11.6 Å². The lowest BCUT2D eigenvalue weighted by Crippen LogP contribution is -2.43. The number of carbonyl (C=O) groups excluding carboxylic acids is 3. The van der Waals surface area contributed by atoms with Gasteiger partial charge in [0.05, 0.1) is 12.6 Å². The van der Waals surface area contributed by atoms with Crippen LogP contribution in [0.2, 0.25) is 5.02 Å². The first-order chi connectivity index (χ1) is 14.1. The predicted molar refractivity (Wildman–Crippen MR) is 117 cm³/mol. The molecule has 0 aliphatic carbocycles. The molecule has 0 aliphatic rings. The standard InChI is InChI=1S/C23H27ClN2O4/c1-7-13-26(22(28)17-9-11-18(24)12-10-17)16(5)21(27)19-14(3)20(23(29)30-8-2)25(6)15(19)4/h7,9-12,16H,1,8,13H2,2-6H3. The van der Waals surface area contributed by atoms with Gasteiger partial charge in [0, 0.05) is 35.4 Å². The molecule has 0 radical (unpaired) electrons. The molecule has 0 spiro atoms. The van der Waals surface area contributed by atoms with E-state index in [0.717, 1.165) is 0 Å². The molecular formula is C23H27ClN2O4. The molecule has 0 bridgehead atoms. The third kappa shape index (κ3) is 4.49. The lowest BCUT2D eigenvalue weighted by molar-refractivity contribution is 0.0513. The fourth-order valence-corrected chi connectivity index (χ4v) is 3.62. The van der Waals surface area contributed by atoms with Gasteiger partial charge in [-0.05, 0) is 57.5 Å². The number of benzene rings is 1. The van der Waals surface area contributed by atoms with Crippen LogP contribution in [-0.4, -0.2) is 46.3 Å². The summed E-state index contributed by atoms with van der Waals surface area (Å²) in [5, 5.41) is 0.521. The van der Waals surface area contributed by atoms with Crippen LogP contribution in [0.5, 0.6) is 0 Å². The average Bonchev–Trinajstić information content (AvgIpc) is 2.93. The van der Waals surface area contributed by atoms with E-state index in [1.165, 1.54) is 4.90 Å². The molecule has 1 unspecified atom stereocenters. The molecule has 0 fully saturated rings. The topological polar surface area (TPSA) is 68.6 Å². The number of halogens is 1. The Balaban J connectivity index is 2.44. The predicted octanol–water partition coefficient (Wildman–Crippen LogP) is 4.37. The molecule has 30 heavy (non-hydrogen) atoms. The number of hydrogen-bond acceptors (Lipinski definition) is 4. The van der Waals surface area contributed by atoms with Crippen LogP contribution in [0.25, 0.3) is 0 Å². The van der Waals surface area contributed by atoms with Gasteiger partial charge >= 0.3 is 5.97 Å². The fourth-order valence-electron chi connectivity index (χ4n) is 3.49. The minimum Gasteiger partial charge on any atom is -0.461 e. The van der Waals surface area contributed by atoms with E-state index in [4.69, 9.17) is 16.3 Å². The van der Waals surface area contributed by atoms with Gasteiger partial charge in [0.1, 0.15) is 5.69 Å². The van der Waals surface area contributed by atoms with Crippen LogP contribution in [0.4, 0.5) is 0 Å². The first kappa shape index (κ1) is 23.4. The van der Waals surface area contributed by atoms with Gasteiger partial charge in [-0.3, -0.25) is 9.59 Å². The number of rotatable bonds is 8. The molecule has 0 saturated carbocycles. The average molecular weight is 431 g/mol. The third-order valence-corrected chi connectivity index (χ3v) is 5.42. The van der Waals surface area contributed by atoms with Crippen molar-refractivity contribution < 1.29 is 19.1 Å². The molecule has 6 nitrogen and oxygen atoms in total. The number of carbonyl (C=O) groups is 3. The zero-order chi connectivity index (χ0) is 22.6. The highest BCUT2D eigenvalue weighted by molar-refractivity contribution is 6.30. The summed E-state index contributed by atoms with van der Waals surface area (Å²) in [7, 11) is 1.72. The number of Topliss-reactive ketones (excluding diaryl/α,β-unsaturated/α-hetero) is 1.